The summed E-state index contributed by atoms with van der Waals surface area (Å²) in [5.41, 5.74) is 1.71. The van der Waals surface area contributed by atoms with Crippen molar-refractivity contribution in [3.05, 3.63) is 72.4 Å². The molecule has 0 fully saturated rings. The SMILES string of the molecule is O=C1OC(c2cc(I)ccc2Cl)=N/C1=C/c1ccccc1Br. The van der Waals surface area contributed by atoms with Crippen LogP contribution in [0.4, 0.5) is 0 Å². The van der Waals surface area contributed by atoms with Gasteiger partial charge < -0.3 is 4.74 Å². The molecule has 0 aliphatic carbocycles. The third-order valence-electron chi connectivity index (χ3n) is 2.98. The van der Waals surface area contributed by atoms with E-state index in [1.807, 2.05) is 36.4 Å². The van der Waals surface area contributed by atoms with Crippen LogP contribution in [0.5, 0.6) is 0 Å². The van der Waals surface area contributed by atoms with Crippen LogP contribution >= 0.6 is 50.1 Å². The molecule has 1 heterocycles. The van der Waals surface area contributed by atoms with E-state index in [4.69, 9.17) is 16.3 Å². The lowest BCUT2D eigenvalue weighted by Gasteiger charge is -2.02. The molecule has 2 aromatic rings. The number of benzene rings is 2. The molecule has 1 aliphatic heterocycles. The molecule has 3 nitrogen and oxygen atoms in total. The second-order valence-corrected chi connectivity index (χ2v) is 6.99. The molecule has 0 radical (unpaired) electrons. The first kappa shape index (κ1) is 15.7. The number of cyclic esters (lactones) is 1. The van der Waals surface area contributed by atoms with Crippen molar-refractivity contribution in [3.63, 3.8) is 0 Å². The second kappa shape index (κ2) is 6.52. The van der Waals surface area contributed by atoms with Crippen molar-refractivity contribution >= 4 is 68.1 Å². The Morgan fingerprint density at radius 3 is 2.77 bits per heavy atom. The van der Waals surface area contributed by atoms with E-state index in [1.54, 1.807) is 12.1 Å². The molecular formula is C16H8BrClINO2. The summed E-state index contributed by atoms with van der Waals surface area (Å²) in [7, 11) is 0. The van der Waals surface area contributed by atoms with E-state index in [1.165, 1.54) is 0 Å². The van der Waals surface area contributed by atoms with Gasteiger partial charge in [-0.05, 0) is 58.5 Å². The van der Waals surface area contributed by atoms with Gasteiger partial charge in [0, 0.05) is 8.04 Å². The number of nitrogens with zero attached hydrogens (tertiary/aromatic N) is 1. The summed E-state index contributed by atoms with van der Waals surface area (Å²) < 4.78 is 7.11. The van der Waals surface area contributed by atoms with Crippen LogP contribution in [0.25, 0.3) is 6.08 Å². The lowest BCUT2D eigenvalue weighted by molar-refractivity contribution is -0.129. The molecule has 2 aromatic carbocycles. The average molecular weight is 489 g/mol. The Kier molecular flexibility index (Phi) is 4.65. The summed E-state index contributed by atoms with van der Waals surface area (Å²) in [5.74, 6) is -0.257. The van der Waals surface area contributed by atoms with Crippen LogP contribution in [0.3, 0.4) is 0 Å². The molecule has 0 N–H and O–H groups in total. The van der Waals surface area contributed by atoms with E-state index in [9.17, 15) is 4.79 Å². The summed E-state index contributed by atoms with van der Waals surface area (Å²) in [6.45, 7) is 0. The molecule has 110 valence electrons. The topological polar surface area (TPSA) is 38.7 Å². The monoisotopic (exact) mass is 487 g/mol. The maximum absolute atomic E-state index is 12.0. The van der Waals surface area contributed by atoms with Gasteiger partial charge in [-0.2, -0.15) is 0 Å². The summed E-state index contributed by atoms with van der Waals surface area (Å²) >= 11 is 11.8. The number of carbonyl (C=O) groups is 1. The molecule has 3 rings (SSSR count). The fourth-order valence-electron chi connectivity index (χ4n) is 1.93. The first-order valence-corrected chi connectivity index (χ1v) is 8.52. The summed E-state index contributed by atoms with van der Waals surface area (Å²) in [4.78, 5) is 16.3. The number of halogens is 3. The highest BCUT2D eigenvalue weighted by molar-refractivity contribution is 14.1. The molecule has 0 saturated carbocycles. The molecule has 0 saturated heterocycles. The van der Waals surface area contributed by atoms with Gasteiger partial charge in [-0.3, -0.25) is 0 Å². The fourth-order valence-corrected chi connectivity index (χ4v) is 3.01. The zero-order valence-electron chi connectivity index (χ0n) is 11.0. The summed E-state index contributed by atoms with van der Waals surface area (Å²) in [6, 6.07) is 13.0. The molecule has 0 spiro atoms. The molecular weight excluding hydrogens is 480 g/mol. The predicted molar refractivity (Wildman–Crippen MR) is 98.9 cm³/mol. The Morgan fingerprint density at radius 2 is 2.00 bits per heavy atom. The van der Waals surface area contributed by atoms with E-state index in [-0.39, 0.29) is 11.6 Å². The number of aliphatic imine (C=N–C) groups is 1. The minimum atomic E-state index is -0.485. The van der Waals surface area contributed by atoms with E-state index < -0.39 is 5.97 Å². The Bertz CT molecular complexity index is 833. The lowest BCUT2D eigenvalue weighted by atomic mass is 10.2. The number of ether oxygens (including phenoxy) is 1. The van der Waals surface area contributed by atoms with Crippen LogP contribution in [-0.2, 0) is 9.53 Å². The first-order valence-electron chi connectivity index (χ1n) is 6.27. The van der Waals surface area contributed by atoms with Crippen LogP contribution in [-0.4, -0.2) is 11.9 Å². The molecule has 0 unspecified atom stereocenters. The molecule has 0 bridgehead atoms. The Labute approximate surface area is 154 Å². The van der Waals surface area contributed by atoms with E-state index in [2.05, 4.69) is 43.5 Å². The second-order valence-electron chi connectivity index (χ2n) is 4.48. The minimum Gasteiger partial charge on any atom is -0.402 e. The van der Waals surface area contributed by atoms with Crippen LogP contribution in [0.15, 0.2) is 57.6 Å². The van der Waals surface area contributed by atoms with Crippen molar-refractivity contribution in [1.82, 2.24) is 0 Å². The van der Waals surface area contributed by atoms with Crippen molar-refractivity contribution in [3.8, 4) is 0 Å². The molecule has 1 aliphatic rings. The van der Waals surface area contributed by atoms with Crippen molar-refractivity contribution in [2.24, 2.45) is 4.99 Å². The number of rotatable bonds is 2. The van der Waals surface area contributed by atoms with Crippen LogP contribution < -0.4 is 0 Å². The normalized spacial score (nSPS) is 15.9. The zero-order valence-corrected chi connectivity index (χ0v) is 15.5. The molecule has 0 amide bonds. The fraction of sp³-hybridized carbons (Fsp3) is 0. The van der Waals surface area contributed by atoms with Gasteiger partial charge in [-0.15, -0.1) is 0 Å². The van der Waals surface area contributed by atoms with Crippen LogP contribution in [0.2, 0.25) is 5.02 Å². The lowest BCUT2D eigenvalue weighted by Crippen LogP contribution is -2.06. The first-order chi connectivity index (χ1) is 10.5. The highest BCUT2D eigenvalue weighted by Crippen LogP contribution is 2.26. The minimum absolute atomic E-state index is 0.229. The van der Waals surface area contributed by atoms with Crippen molar-refractivity contribution in [1.29, 1.82) is 0 Å². The van der Waals surface area contributed by atoms with Gasteiger partial charge in [0.25, 0.3) is 0 Å². The van der Waals surface area contributed by atoms with E-state index in [0.29, 0.717) is 10.6 Å². The molecule has 0 atom stereocenters. The van der Waals surface area contributed by atoms with Gasteiger partial charge in [0.2, 0.25) is 5.90 Å². The molecule has 22 heavy (non-hydrogen) atoms. The van der Waals surface area contributed by atoms with E-state index >= 15 is 0 Å². The number of hydrogen-bond donors (Lipinski definition) is 0. The maximum Gasteiger partial charge on any atom is 0.363 e. The van der Waals surface area contributed by atoms with Gasteiger partial charge >= 0.3 is 5.97 Å². The highest BCUT2D eigenvalue weighted by atomic mass is 127. The van der Waals surface area contributed by atoms with Crippen molar-refractivity contribution in [2.45, 2.75) is 0 Å². The van der Waals surface area contributed by atoms with Crippen LogP contribution in [0, 0.1) is 3.57 Å². The highest BCUT2D eigenvalue weighted by Gasteiger charge is 2.25. The standard InChI is InChI=1S/C16H8BrClINO2/c17-12-4-2-1-3-9(12)7-14-16(21)22-15(20-14)11-8-10(19)5-6-13(11)18/h1-8H/b14-7+. The average Bonchev–Trinajstić information content (AvgIpc) is 2.85. The Morgan fingerprint density at radius 1 is 1.23 bits per heavy atom. The smallest absolute Gasteiger partial charge is 0.363 e. The van der Waals surface area contributed by atoms with Gasteiger partial charge in [0.15, 0.2) is 5.70 Å². The third kappa shape index (κ3) is 3.26. The largest absolute Gasteiger partial charge is 0.402 e. The molecule has 0 aromatic heterocycles. The third-order valence-corrected chi connectivity index (χ3v) is 4.70. The zero-order chi connectivity index (χ0) is 15.7. The van der Waals surface area contributed by atoms with E-state index in [0.717, 1.165) is 13.6 Å². The van der Waals surface area contributed by atoms with Gasteiger partial charge in [-0.25, -0.2) is 9.79 Å². The molecule has 6 heteroatoms. The van der Waals surface area contributed by atoms with Crippen molar-refractivity contribution < 1.29 is 9.53 Å². The maximum atomic E-state index is 12.0. The number of hydrogen-bond acceptors (Lipinski definition) is 3. The van der Waals surface area contributed by atoms with Gasteiger partial charge in [0.1, 0.15) is 0 Å². The Hall–Kier alpha value is -1.18. The van der Waals surface area contributed by atoms with Gasteiger partial charge in [-0.1, -0.05) is 45.7 Å². The summed E-state index contributed by atoms with van der Waals surface area (Å²) in [6.07, 6.45) is 1.68. The van der Waals surface area contributed by atoms with Crippen LogP contribution in [0.1, 0.15) is 11.1 Å². The van der Waals surface area contributed by atoms with Gasteiger partial charge in [0.05, 0.1) is 10.6 Å². The summed E-state index contributed by atoms with van der Waals surface area (Å²) in [5, 5.41) is 0.495. The quantitative estimate of drug-likeness (QED) is 0.337. The number of esters is 1. The predicted octanol–water partition coefficient (Wildman–Crippen LogP) is 5.05. The van der Waals surface area contributed by atoms with Crippen molar-refractivity contribution in [2.75, 3.05) is 0 Å². The number of carbonyl (C=O) groups excluding carboxylic acids is 1. The Balaban J connectivity index is 2.02.